The van der Waals surface area contributed by atoms with Crippen LogP contribution in [0.1, 0.15) is 19.4 Å². The van der Waals surface area contributed by atoms with Gasteiger partial charge < -0.3 is 0 Å². The lowest BCUT2D eigenvalue weighted by Crippen LogP contribution is -2.28. The molecule has 0 fully saturated rings. The minimum Gasteiger partial charge on any atom is -0.233 e. The zero-order valence-electron chi connectivity index (χ0n) is 15.5. The minimum atomic E-state index is -4.63. The van der Waals surface area contributed by atoms with Crippen LogP contribution in [0.15, 0.2) is 36.7 Å². The third-order valence-corrected chi connectivity index (χ3v) is 5.55. The van der Waals surface area contributed by atoms with Gasteiger partial charge in [-0.05, 0) is 11.6 Å². The number of rotatable bonds is 3. The smallest absolute Gasteiger partial charge is 0.233 e. The van der Waals surface area contributed by atoms with Crippen molar-refractivity contribution in [3.63, 3.8) is 0 Å². The number of fused-ring (bicyclic) bond motifs is 1. The van der Waals surface area contributed by atoms with E-state index < -0.39 is 21.9 Å². The first-order valence-corrected chi connectivity index (χ1v) is 9.94. The van der Waals surface area contributed by atoms with Gasteiger partial charge in [-0.25, -0.2) is 13.9 Å². The number of nitrogens with zero attached hydrogens (tertiary/aromatic N) is 4. The molecule has 0 aliphatic carbocycles. The highest BCUT2D eigenvalue weighted by Crippen LogP contribution is 2.39. The van der Waals surface area contributed by atoms with Crippen LogP contribution >= 0.6 is 11.6 Å². The lowest BCUT2D eigenvalue weighted by atomic mass is 10.0. The Hall–Kier alpha value is -2.17. The van der Waals surface area contributed by atoms with Crippen LogP contribution in [0.2, 0.25) is 5.15 Å². The van der Waals surface area contributed by atoms with Crippen molar-refractivity contribution in [3.8, 4) is 11.1 Å². The van der Waals surface area contributed by atoms with Crippen LogP contribution in [0.25, 0.3) is 22.3 Å². The summed E-state index contributed by atoms with van der Waals surface area (Å²) < 4.78 is 66.9. The van der Waals surface area contributed by atoms with Gasteiger partial charge in [-0.3, -0.25) is 0 Å². The van der Waals surface area contributed by atoms with Gasteiger partial charge in [0.1, 0.15) is 10.7 Å². The molecule has 0 atom stereocenters. The maximum atomic E-state index is 13.4. The Kier molecular flexibility index (Phi) is 6.37. The molecule has 28 heavy (non-hydrogen) atoms. The van der Waals surface area contributed by atoms with Crippen LogP contribution in [0.4, 0.5) is 13.2 Å². The van der Waals surface area contributed by atoms with E-state index in [9.17, 15) is 21.6 Å². The van der Waals surface area contributed by atoms with Crippen LogP contribution in [0.3, 0.4) is 0 Å². The summed E-state index contributed by atoms with van der Waals surface area (Å²) in [5.74, 6) is 0. The van der Waals surface area contributed by atoms with Crippen molar-refractivity contribution in [3.05, 3.63) is 47.4 Å². The minimum absolute atomic E-state index is 0.0339. The Morgan fingerprint density at radius 1 is 1.11 bits per heavy atom. The Labute approximate surface area is 165 Å². The van der Waals surface area contributed by atoms with Gasteiger partial charge in [0.05, 0.1) is 11.8 Å². The van der Waals surface area contributed by atoms with E-state index in [1.807, 2.05) is 13.8 Å². The molecule has 0 N–H and O–H groups in total. The largest absolute Gasteiger partial charge is 0.417 e. The number of hydrogen-bond donors (Lipinski definition) is 0. The number of aromatic nitrogens is 3. The highest BCUT2D eigenvalue weighted by Gasteiger charge is 2.35. The average molecular weight is 435 g/mol. The molecule has 0 bridgehead atoms. The van der Waals surface area contributed by atoms with Crippen molar-refractivity contribution >= 4 is 33.0 Å². The monoisotopic (exact) mass is 434 g/mol. The van der Waals surface area contributed by atoms with Crippen molar-refractivity contribution in [2.24, 2.45) is 0 Å². The lowest BCUT2D eigenvalue weighted by Gasteiger charge is -2.12. The summed E-state index contributed by atoms with van der Waals surface area (Å²) in [7, 11) is -1.43. The van der Waals surface area contributed by atoms with Gasteiger partial charge in [0, 0.05) is 25.9 Å². The molecule has 0 amide bonds. The van der Waals surface area contributed by atoms with E-state index in [-0.39, 0.29) is 27.4 Å². The molecule has 3 aromatic rings. The predicted octanol–water partition coefficient (Wildman–Crippen LogP) is 4.45. The highest BCUT2D eigenvalue weighted by molar-refractivity contribution is 7.87. The summed E-state index contributed by atoms with van der Waals surface area (Å²) in [5, 5.41) is -0.0664. The van der Waals surface area contributed by atoms with E-state index >= 15 is 0 Å². The van der Waals surface area contributed by atoms with Crippen LogP contribution in [0, 0.1) is 0 Å². The van der Waals surface area contributed by atoms with Crippen LogP contribution in [-0.2, 0) is 16.4 Å². The molecule has 6 nitrogen and oxygen atoms in total. The SMILES string of the molecule is CC.CN(C)S(=O)(=O)n1cc(-c2ccccc2C(F)(F)F)c2nc(Cl)cnc21. The third kappa shape index (κ3) is 3.98. The Bertz CT molecular complexity index is 1100. The first-order valence-electron chi connectivity index (χ1n) is 8.16. The molecule has 0 aliphatic rings. The normalized spacial score (nSPS) is 12.2. The van der Waals surface area contributed by atoms with Crippen molar-refractivity contribution in [1.29, 1.82) is 0 Å². The molecular formula is C17H18ClF3N4O2S. The van der Waals surface area contributed by atoms with Gasteiger partial charge in [-0.15, -0.1) is 0 Å². The van der Waals surface area contributed by atoms with E-state index in [0.29, 0.717) is 0 Å². The molecule has 0 radical (unpaired) electrons. The first-order chi connectivity index (χ1) is 13.0. The van der Waals surface area contributed by atoms with Crippen LogP contribution in [0.5, 0.6) is 0 Å². The summed E-state index contributed by atoms with van der Waals surface area (Å²) in [4.78, 5) is 7.95. The molecule has 1 aromatic carbocycles. The second-order valence-electron chi connectivity index (χ2n) is 5.54. The number of alkyl halides is 3. The van der Waals surface area contributed by atoms with Crippen molar-refractivity contribution < 1.29 is 21.6 Å². The molecule has 0 aliphatic heterocycles. The Balaban J connectivity index is 0.00000136. The van der Waals surface area contributed by atoms with E-state index in [1.54, 1.807) is 0 Å². The summed E-state index contributed by atoms with van der Waals surface area (Å²) >= 11 is 5.83. The first kappa shape index (κ1) is 22.1. The molecule has 152 valence electrons. The molecule has 3 rings (SSSR count). The fourth-order valence-electron chi connectivity index (χ4n) is 2.46. The van der Waals surface area contributed by atoms with E-state index in [2.05, 4.69) is 9.97 Å². The van der Waals surface area contributed by atoms with E-state index in [4.69, 9.17) is 11.6 Å². The molecule has 0 saturated carbocycles. The standard InChI is InChI=1S/C15H12ClF3N4O2S.C2H6/c1-22(2)26(24,25)23-8-10(13-14(23)20-7-12(16)21-13)9-5-3-4-6-11(9)15(17,18)19;1-2/h3-8H,1-2H3;1-2H3. The zero-order chi connectivity index (χ0) is 21.3. The summed E-state index contributed by atoms with van der Waals surface area (Å²) in [6.07, 6.45) is -2.43. The van der Waals surface area contributed by atoms with Crippen LogP contribution in [-0.4, -0.2) is 40.8 Å². The molecule has 11 heteroatoms. The molecule has 2 aromatic heterocycles. The highest BCUT2D eigenvalue weighted by atomic mass is 35.5. The topological polar surface area (TPSA) is 68.1 Å². The molecular weight excluding hydrogens is 417 g/mol. The quantitative estimate of drug-likeness (QED) is 0.610. The van der Waals surface area contributed by atoms with E-state index in [0.717, 1.165) is 26.7 Å². The number of hydrogen-bond acceptors (Lipinski definition) is 4. The average Bonchev–Trinajstić information content (AvgIpc) is 3.01. The summed E-state index contributed by atoms with van der Waals surface area (Å²) in [5.41, 5.74) is -1.32. The fraction of sp³-hybridized carbons (Fsp3) is 0.294. The number of benzene rings is 1. The third-order valence-electron chi connectivity index (χ3n) is 3.67. The zero-order valence-corrected chi connectivity index (χ0v) is 17.1. The fourth-order valence-corrected chi connectivity index (χ4v) is 3.53. The Morgan fingerprint density at radius 2 is 1.71 bits per heavy atom. The lowest BCUT2D eigenvalue weighted by molar-refractivity contribution is -0.137. The van der Waals surface area contributed by atoms with Crippen LogP contribution < -0.4 is 0 Å². The van der Waals surface area contributed by atoms with Gasteiger partial charge in [0.15, 0.2) is 5.65 Å². The summed E-state index contributed by atoms with van der Waals surface area (Å²) in [6.45, 7) is 4.00. The molecule has 0 spiro atoms. The molecule has 2 heterocycles. The van der Waals surface area contributed by atoms with Gasteiger partial charge in [-0.2, -0.15) is 25.9 Å². The second-order valence-corrected chi connectivity index (χ2v) is 7.94. The predicted molar refractivity (Wildman–Crippen MR) is 102 cm³/mol. The van der Waals surface area contributed by atoms with Crippen molar-refractivity contribution in [2.45, 2.75) is 20.0 Å². The Morgan fingerprint density at radius 3 is 2.29 bits per heavy atom. The van der Waals surface area contributed by atoms with Crippen molar-refractivity contribution in [2.75, 3.05) is 14.1 Å². The summed E-state index contributed by atoms with van der Waals surface area (Å²) in [6, 6.07) is 4.83. The number of halogens is 4. The van der Waals surface area contributed by atoms with E-state index in [1.165, 1.54) is 32.3 Å². The van der Waals surface area contributed by atoms with Crippen molar-refractivity contribution in [1.82, 2.24) is 18.2 Å². The molecule has 0 saturated heterocycles. The van der Waals surface area contributed by atoms with Gasteiger partial charge in [0.25, 0.3) is 0 Å². The van der Waals surface area contributed by atoms with Gasteiger partial charge >= 0.3 is 16.4 Å². The van der Waals surface area contributed by atoms with Gasteiger partial charge in [-0.1, -0.05) is 43.6 Å². The maximum absolute atomic E-state index is 13.4. The molecule has 0 unspecified atom stereocenters. The van der Waals surface area contributed by atoms with Gasteiger partial charge in [0.2, 0.25) is 0 Å². The second kappa shape index (κ2) is 8.06. The maximum Gasteiger partial charge on any atom is 0.417 e.